The monoisotopic (exact) mass is 832 g/mol. The number of carbonyl (C=O) groups excluding carboxylic acids is 2. The standard InChI is InChI=1S/C47H94NO8P/c1-3-5-6-7-8-9-10-11-12-13-14-15-16-17-18-19-20-21-22-23-24-25-26-27-28-29-30-31-32-33-34-35-36-37-38-40-46(49)53-43-45(56-47(50)39-4-2)44-55-57(51,52)54-42-41-48/h45H,3-44,48H2,1-2H3,(H,51,52)/t45-/m1/s1. The molecule has 0 aliphatic carbocycles. The molecule has 0 saturated heterocycles. The molecular formula is C47H94NO8P. The van der Waals surface area contributed by atoms with Gasteiger partial charge >= 0.3 is 19.8 Å². The number of ether oxygens (including phenoxy) is 2. The molecule has 0 aliphatic rings. The molecule has 1 unspecified atom stereocenters. The fourth-order valence-electron chi connectivity index (χ4n) is 7.38. The lowest BCUT2D eigenvalue weighted by molar-refractivity contribution is -0.161. The Morgan fingerprint density at radius 1 is 0.456 bits per heavy atom. The van der Waals surface area contributed by atoms with E-state index in [1.54, 1.807) is 0 Å². The van der Waals surface area contributed by atoms with E-state index >= 15 is 0 Å². The van der Waals surface area contributed by atoms with Crippen LogP contribution < -0.4 is 5.73 Å². The first-order valence-corrected chi connectivity index (χ1v) is 26.0. The Hall–Kier alpha value is -0.990. The maximum absolute atomic E-state index is 12.2. The molecule has 340 valence electrons. The van der Waals surface area contributed by atoms with Crippen molar-refractivity contribution in [1.82, 2.24) is 0 Å². The third kappa shape index (κ3) is 44.4. The van der Waals surface area contributed by atoms with Crippen LogP contribution in [0.4, 0.5) is 0 Å². The van der Waals surface area contributed by atoms with Crippen LogP contribution in [0.5, 0.6) is 0 Å². The molecule has 0 amide bonds. The molecular weight excluding hydrogens is 737 g/mol. The molecule has 0 saturated carbocycles. The van der Waals surface area contributed by atoms with E-state index in [1.165, 1.54) is 205 Å². The van der Waals surface area contributed by atoms with Crippen LogP contribution in [0.2, 0.25) is 0 Å². The largest absolute Gasteiger partial charge is 0.472 e. The fourth-order valence-corrected chi connectivity index (χ4v) is 8.15. The molecule has 0 fully saturated rings. The molecule has 9 nitrogen and oxygen atoms in total. The Balaban J connectivity index is 3.44. The van der Waals surface area contributed by atoms with E-state index in [0.29, 0.717) is 6.42 Å². The van der Waals surface area contributed by atoms with Gasteiger partial charge in [0, 0.05) is 19.4 Å². The third-order valence-corrected chi connectivity index (χ3v) is 11.9. The van der Waals surface area contributed by atoms with Crippen LogP contribution in [0.15, 0.2) is 0 Å². The summed E-state index contributed by atoms with van der Waals surface area (Å²) in [6.07, 6.45) is 48.2. The summed E-state index contributed by atoms with van der Waals surface area (Å²) in [5.41, 5.74) is 5.28. The zero-order chi connectivity index (χ0) is 41.8. The Labute approximate surface area is 352 Å². The molecule has 0 aromatic heterocycles. The van der Waals surface area contributed by atoms with E-state index in [2.05, 4.69) is 6.92 Å². The number of esters is 2. The van der Waals surface area contributed by atoms with Gasteiger partial charge in [-0.1, -0.05) is 232 Å². The maximum atomic E-state index is 12.2. The van der Waals surface area contributed by atoms with Gasteiger partial charge in [-0.3, -0.25) is 18.6 Å². The van der Waals surface area contributed by atoms with E-state index in [4.69, 9.17) is 24.3 Å². The van der Waals surface area contributed by atoms with Crippen LogP contribution in [-0.4, -0.2) is 49.3 Å². The normalized spacial score (nSPS) is 13.1. The minimum atomic E-state index is -4.34. The molecule has 0 rings (SSSR count). The van der Waals surface area contributed by atoms with Crippen molar-refractivity contribution in [3.05, 3.63) is 0 Å². The second kappa shape index (κ2) is 44.6. The zero-order valence-electron chi connectivity index (χ0n) is 37.6. The Morgan fingerprint density at radius 3 is 1.11 bits per heavy atom. The quantitative estimate of drug-likeness (QED) is 0.0349. The van der Waals surface area contributed by atoms with Crippen LogP contribution >= 0.6 is 7.82 Å². The molecule has 0 aromatic rings. The number of phosphoric ester groups is 1. The minimum absolute atomic E-state index is 0.0558. The third-order valence-electron chi connectivity index (χ3n) is 11.0. The Bertz CT molecular complexity index is 907. The molecule has 0 bridgehead atoms. The lowest BCUT2D eigenvalue weighted by Gasteiger charge is -2.19. The van der Waals surface area contributed by atoms with Gasteiger partial charge in [0.2, 0.25) is 0 Å². The van der Waals surface area contributed by atoms with Crippen LogP contribution in [0, 0.1) is 0 Å². The predicted molar refractivity (Wildman–Crippen MR) is 238 cm³/mol. The summed E-state index contributed by atoms with van der Waals surface area (Å²) < 4.78 is 32.0. The number of rotatable bonds is 47. The summed E-state index contributed by atoms with van der Waals surface area (Å²) in [4.78, 5) is 33.9. The van der Waals surface area contributed by atoms with Gasteiger partial charge in [0.25, 0.3) is 0 Å². The molecule has 0 aromatic carbocycles. The SMILES string of the molecule is CCCCCCCCCCCCCCCCCCCCCCCCCCCCCCCCCCCCCC(=O)OC[C@H](COP(=O)(O)OCCN)OC(=O)CCC. The summed E-state index contributed by atoms with van der Waals surface area (Å²) in [6, 6.07) is 0. The molecule has 0 radical (unpaired) electrons. The van der Waals surface area contributed by atoms with Crippen molar-refractivity contribution >= 4 is 19.8 Å². The van der Waals surface area contributed by atoms with Crippen LogP contribution in [-0.2, 0) is 32.7 Å². The van der Waals surface area contributed by atoms with Crippen molar-refractivity contribution in [1.29, 1.82) is 0 Å². The van der Waals surface area contributed by atoms with Crippen molar-refractivity contribution in [3.8, 4) is 0 Å². The van der Waals surface area contributed by atoms with E-state index in [9.17, 15) is 19.0 Å². The lowest BCUT2D eigenvalue weighted by atomic mass is 10.0. The second-order valence-electron chi connectivity index (χ2n) is 16.7. The first kappa shape index (κ1) is 56.0. The van der Waals surface area contributed by atoms with Gasteiger partial charge in [0.1, 0.15) is 6.61 Å². The molecule has 0 aliphatic heterocycles. The highest BCUT2D eigenvalue weighted by molar-refractivity contribution is 7.47. The zero-order valence-corrected chi connectivity index (χ0v) is 38.5. The average molecular weight is 832 g/mol. The van der Waals surface area contributed by atoms with Gasteiger partial charge in [-0.25, -0.2) is 4.57 Å². The summed E-state index contributed by atoms with van der Waals surface area (Å²) in [5.74, 6) is -0.876. The van der Waals surface area contributed by atoms with Crippen LogP contribution in [0.25, 0.3) is 0 Å². The number of carbonyl (C=O) groups is 2. The van der Waals surface area contributed by atoms with Gasteiger partial charge in [-0.2, -0.15) is 0 Å². The van der Waals surface area contributed by atoms with Gasteiger partial charge in [0.05, 0.1) is 13.2 Å². The van der Waals surface area contributed by atoms with Gasteiger partial charge < -0.3 is 20.1 Å². The van der Waals surface area contributed by atoms with Crippen molar-refractivity contribution < 1.29 is 37.6 Å². The van der Waals surface area contributed by atoms with Crippen LogP contribution in [0.1, 0.15) is 258 Å². The van der Waals surface area contributed by atoms with Gasteiger partial charge in [-0.15, -0.1) is 0 Å². The highest BCUT2D eigenvalue weighted by atomic mass is 31.2. The van der Waals surface area contributed by atoms with Crippen LogP contribution in [0.3, 0.4) is 0 Å². The first-order chi connectivity index (χ1) is 27.8. The highest BCUT2D eigenvalue weighted by Gasteiger charge is 2.25. The number of hydrogen-bond acceptors (Lipinski definition) is 8. The highest BCUT2D eigenvalue weighted by Crippen LogP contribution is 2.43. The maximum Gasteiger partial charge on any atom is 0.472 e. The molecule has 0 heterocycles. The minimum Gasteiger partial charge on any atom is -0.462 e. The molecule has 57 heavy (non-hydrogen) atoms. The smallest absolute Gasteiger partial charge is 0.462 e. The topological polar surface area (TPSA) is 134 Å². The van der Waals surface area contributed by atoms with E-state index in [-0.39, 0.29) is 38.6 Å². The van der Waals surface area contributed by atoms with Crippen molar-refractivity contribution in [3.63, 3.8) is 0 Å². The molecule has 0 spiro atoms. The van der Waals surface area contributed by atoms with Crippen molar-refractivity contribution in [2.24, 2.45) is 5.73 Å². The number of unbranched alkanes of at least 4 members (excludes halogenated alkanes) is 34. The summed E-state index contributed by atoms with van der Waals surface area (Å²) in [6.45, 7) is 3.36. The first-order valence-electron chi connectivity index (χ1n) is 24.5. The predicted octanol–water partition coefficient (Wildman–Crippen LogP) is 14.4. The van der Waals surface area contributed by atoms with E-state index < -0.39 is 26.5 Å². The average Bonchev–Trinajstić information content (AvgIpc) is 3.19. The Morgan fingerprint density at radius 2 is 0.789 bits per heavy atom. The summed E-state index contributed by atoms with van der Waals surface area (Å²) in [5, 5.41) is 0. The fraction of sp³-hybridized carbons (Fsp3) is 0.957. The number of nitrogens with two attached hydrogens (primary N) is 1. The molecule has 2 atom stereocenters. The van der Waals surface area contributed by atoms with E-state index in [1.807, 2.05) is 6.92 Å². The lowest BCUT2D eigenvalue weighted by Crippen LogP contribution is -2.29. The summed E-state index contributed by atoms with van der Waals surface area (Å²) in [7, 11) is -4.34. The summed E-state index contributed by atoms with van der Waals surface area (Å²) >= 11 is 0. The van der Waals surface area contributed by atoms with Gasteiger partial charge in [0.15, 0.2) is 6.10 Å². The molecule has 3 N–H and O–H groups in total. The van der Waals surface area contributed by atoms with Crippen molar-refractivity contribution in [2.45, 2.75) is 264 Å². The van der Waals surface area contributed by atoms with Gasteiger partial charge in [-0.05, 0) is 12.8 Å². The Kier molecular flexibility index (Phi) is 43.8. The number of hydrogen-bond donors (Lipinski definition) is 2. The molecule has 10 heteroatoms. The van der Waals surface area contributed by atoms with Crippen molar-refractivity contribution in [2.75, 3.05) is 26.4 Å². The number of phosphoric acid groups is 1. The second-order valence-corrected chi connectivity index (χ2v) is 18.2. The van der Waals surface area contributed by atoms with E-state index in [0.717, 1.165) is 19.3 Å².